The Labute approximate surface area is 319 Å². The molecular formula is C33H78O11Si7. The summed E-state index contributed by atoms with van der Waals surface area (Å²) < 4.78 is 68.4. The smallest absolute Gasteiger partial charge is 0.186 e. The Morgan fingerprint density at radius 3 is 1.06 bits per heavy atom. The number of aliphatic hydroxyl groups excluding tert-OH is 1. The molecule has 0 aromatic rings. The molecule has 2 heterocycles. The third-order valence-corrected chi connectivity index (χ3v) is 14.3. The zero-order valence-corrected chi connectivity index (χ0v) is 43.2. The van der Waals surface area contributed by atoms with Crippen molar-refractivity contribution in [1.29, 1.82) is 0 Å². The largest absolute Gasteiger partial charge is 0.415 e. The lowest BCUT2D eigenvalue weighted by Crippen LogP contribution is -2.69. The van der Waals surface area contributed by atoms with Gasteiger partial charge in [0.2, 0.25) is 0 Å². The van der Waals surface area contributed by atoms with Gasteiger partial charge in [0.1, 0.15) is 48.8 Å². The summed E-state index contributed by atoms with van der Waals surface area (Å²) >= 11 is 0. The fourth-order valence-electron chi connectivity index (χ4n) is 5.84. The molecule has 0 aromatic carbocycles. The van der Waals surface area contributed by atoms with E-state index in [9.17, 15) is 5.11 Å². The molecule has 51 heavy (non-hydrogen) atoms. The second-order valence-corrected chi connectivity index (χ2v) is 52.4. The molecule has 304 valence electrons. The van der Waals surface area contributed by atoms with Gasteiger partial charge in [0.15, 0.2) is 70.8 Å². The first-order chi connectivity index (χ1) is 22.5. The van der Waals surface area contributed by atoms with Crippen LogP contribution in [0.1, 0.15) is 0 Å². The summed E-state index contributed by atoms with van der Waals surface area (Å²) in [4.78, 5) is 0. The summed E-state index contributed by atoms with van der Waals surface area (Å²) in [6, 6.07) is 0. The minimum absolute atomic E-state index is 0.266. The lowest BCUT2D eigenvalue weighted by molar-refractivity contribution is -0.347. The fraction of sp³-hybridized carbons (Fsp3) is 1.00. The minimum atomic E-state index is -2.24. The molecule has 0 bridgehead atoms. The van der Waals surface area contributed by atoms with Crippen LogP contribution in [0.3, 0.4) is 0 Å². The van der Waals surface area contributed by atoms with Gasteiger partial charge in [-0.2, -0.15) is 0 Å². The van der Waals surface area contributed by atoms with E-state index in [1.807, 2.05) is 0 Å². The van der Waals surface area contributed by atoms with Gasteiger partial charge in [-0.3, -0.25) is 0 Å². The Morgan fingerprint density at radius 1 is 0.373 bits per heavy atom. The molecule has 10 atom stereocenters. The molecule has 2 aliphatic heterocycles. The molecule has 0 saturated carbocycles. The second-order valence-electron chi connectivity index (χ2n) is 21.0. The van der Waals surface area contributed by atoms with Crippen LogP contribution >= 0.6 is 0 Å². The van der Waals surface area contributed by atoms with Gasteiger partial charge < -0.3 is 50.3 Å². The Hall–Kier alpha value is 1.08. The van der Waals surface area contributed by atoms with Crippen LogP contribution in [0.2, 0.25) is 137 Å². The highest BCUT2D eigenvalue weighted by molar-refractivity contribution is 6.72. The number of hydrogen-bond acceptors (Lipinski definition) is 11. The fourth-order valence-corrected chi connectivity index (χ4v) is 12.6. The van der Waals surface area contributed by atoms with Gasteiger partial charge in [-0.15, -0.1) is 0 Å². The summed E-state index contributed by atoms with van der Waals surface area (Å²) in [5.74, 6) is 0. The summed E-state index contributed by atoms with van der Waals surface area (Å²) in [6.07, 6.45) is -6.96. The van der Waals surface area contributed by atoms with Crippen molar-refractivity contribution in [3.05, 3.63) is 0 Å². The molecule has 2 rings (SSSR count). The van der Waals surface area contributed by atoms with Crippen molar-refractivity contribution in [1.82, 2.24) is 0 Å². The quantitative estimate of drug-likeness (QED) is 0.138. The van der Waals surface area contributed by atoms with Crippen molar-refractivity contribution in [2.75, 3.05) is 13.2 Å². The van der Waals surface area contributed by atoms with Crippen LogP contribution in [0.4, 0.5) is 0 Å². The predicted molar refractivity (Wildman–Crippen MR) is 224 cm³/mol. The van der Waals surface area contributed by atoms with Gasteiger partial charge in [0.25, 0.3) is 0 Å². The van der Waals surface area contributed by atoms with Gasteiger partial charge >= 0.3 is 0 Å². The average Bonchev–Trinajstić information content (AvgIpc) is 2.84. The molecule has 0 amide bonds. The molecule has 0 aliphatic carbocycles. The van der Waals surface area contributed by atoms with Crippen LogP contribution in [0.25, 0.3) is 0 Å². The van der Waals surface area contributed by atoms with Crippen molar-refractivity contribution in [3.63, 3.8) is 0 Å². The molecule has 18 heteroatoms. The van der Waals surface area contributed by atoms with Crippen molar-refractivity contribution < 1.29 is 50.3 Å². The van der Waals surface area contributed by atoms with Crippen LogP contribution in [0.5, 0.6) is 0 Å². The average molecular weight is 848 g/mol. The topological polar surface area (TPSA) is 113 Å². The zero-order chi connectivity index (χ0) is 39.8. The highest BCUT2D eigenvalue weighted by Gasteiger charge is 2.56. The maximum Gasteiger partial charge on any atom is 0.186 e. The van der Waals surface area contributed by atoms with E-state index < -0.39 is 120 Å². The molecule has 0 aromatic heterocycles. The van der Waals surface area contributed by atoms with Crippen molar-refractivity contribution in [2.45, 2.75) is 199 Å². The zero-order valence-electron chi connectivity index (χ0n) is 36.2. The van der Waals surface area contributed by atoms with Crippen LogP contribution in [0.15, 0.2) is 0 Å². The molecule has 2 unspecified atom stereocenters. The summed E-state index contributed by atoms with van der Waals surface area (Å²) in [6.45, 7) is 45.9. The summed E-state index contributed by atoms with van der Waals surface area (Å²) in [5, 5.41) is 11.7. The second kappa shape index (κ2) is 17.7. The first kappa shape index (κ1) is 48.2. The lowest BCUT2D eigenvalue weighted by atomic mass is 9.97. The number of ether oxygens (including phenoxy) is 3. The van der Waals surface area contributed by atoms with Crippen LogP contribution in [-0.4, -0.2) is 138 Å². The van der Waals surface area contributed by atoms with Gasteiger partial charge in [-0.05, 0) is 137 Å². The van der Waals surface area contributed by atoms with E-state index in [-0.39, 0.29) is 6.61 Å². The maximum atomic E-state index is 11.7. The van der Waals surface area contributed by atoms with E-state index >= 15 is 0 Å². The number of aliphatic hydroxyl groups is 1. The maximum absolute atomic E-state index is 11.7. The molecule has 0 spiro atoms. The molecule has 1 N–H and O–H groups in total. The van der Waals surface area contributed by atoms with E-state index in [4.69, 9.17) is 45.2 Å². The third kappa shape index (κ3) is 18.3. The predicted octanol–water partition coefficient (Wildman–Crippen LogP) is 7.62. The van der Waals surface area contributed by atoms with Crippen LogP contribution < -0.4 is 0 Å². The highest BCUT2D eigenvalue weighted by Crippen LogP contribution is 2.38. The Kier molecular flexibility index (Phi) is 16.7. The molecule has 0 radical (unpaired) electrons. The highest BCUT2D eigenvalue weighted by atomic mass is 28.4. The number of hydrogen-bond donors (Lipinski definition) is 1. The molecular weight excluding hydrogens is 769 g/mol. The van der Waals surface area contributed by atoms with Gasteiger partial charge in [0.05, 0.1) is 13.2 Å². The SMILES string of the molecule is C[Si](C)(C)OC[C@@H]1OC(O)[C@@H](O[Si](C)(C)C)[C@H](OC2O[C@@H](CO[Si](C)(C)C)[C@H](O[Si](C)(C)C)[C@@H](O[Si](C)(C)C)[C@@H]2O[Si](C)(C)C)[C@H]1O[Si](C)(C)C. The van der Waals surface area contributed by atoms with Gasteiger partial charge in [-0.25, -0.2) is 0 Å². The normalized spacial score (nSPS) is 32.4. The third-order valence-electron chi connectivity index (χ3n) is 7.30. The Morgan fingerprint density at radius 2 is 0.686 bits per heavy atom. The molecule has 2 saturated heterocycles. The van der Waals surface area contributed by atoms with E-state index in [0.29, 0.717) is 6.61 Å². The minimum Gasteiger partial charge on any atom is -0.415 e. The van der Waals surface area contributed by atoms with Gasteiger partial charge in [0, 0.05) is 0 Å². The van der Waals surface area contributed by atoms with E-state index in [2.05, 4.69) is 137 Å². The Bertz CT molecular complexity index is 1070. The van der Waals surface area contributed by atoms with Crippen LogP contribution in [0, 0.1) is 0 Å². The van der Waals surface area contributed by atoms with Crippen LogP contribution in [-0.2, 0) is 45.2 Å². The monoisotopic (exact) mass is 846 g/mol. The van der Waals surface area contributed by atoms with E-state index in [0.717, 1.165) is 0 Å². The van der Waals surface area contributed by atoms with Crippen molar-refractivity contribution in [2.24, 2.45) is 0 Å². The standard InChI is InChI=1S/C33H78O11Si7/c1-45(2,3)35-22-24-26(40-47(7,8)9)28(30(32(34)37-24)43-50(16,17)18)39-33-31(44-51(19,20)21)29(42-49(13,14)15)27(41-48(10,11)12)25(38-33)23-36-46(4,5)6/h24-34H,22-23H2,1-21H3/t24-,25-,26-,27-,28+,29+,30-,31-,32?,33?/m0/s1. The summed E-state index contributed by atoms with van der Waals surface area (Å²) in [7, 11) is -14.9. The van der Waals surface area contributed by atoms with E-state index in [1.165, 1.54) is 0 Å². The first-order valence-corrected chi connectivity index (χ1v) is 42.7. The van der Waals surface area contributed by atoms with E-state index in [1.54, 1.807) is 0 Å². The first-order valence-electron chi connectivity index (χ1n) is 18.8. The Balaban J connectivity index is 2.83. The molecule has 2 fully saturated rings. The summed E-state index contributed by atoms with van der Waals surface area (Å²) in [5.41, 5.74) is 0. The lowest BCUT2D eigenvalue weighted by Gasteiger charge is -2.53. The molecule has 11 nitrogen and oxygen atoms in total. The van der Waals surface area contributed by atoms with Crippen molar-refractivity contribution >= 4 is 58.2 Å². The number of rotatable bonds is 18. The van der Waals surface area contributed by atoms with Crippen molar-refractivity contribution in [3.8, 4) is 0 Å². The molecule has 2 aliphatic rings. The van der Waals surface area contributed by atoms with Gasteiger partial charge in [-0.1, -0.05) is 0 Å².